The maximum Gasteiger partial charge on any atom is 0.108 e. The minimum absolute atomic E-state index is 0.247. The van der Waals surface area contributed by atoms with Crippen LogP contribution >= 0.6 is 0 Å². The number of nitrogens with one attached hydrogen (secondary N) is 1. The first kappa shape index (κ1) is 15.8. The first-order valence-corrected chi connectivity index (χ1v) is 8.66. The van der Waals surface area contributed by atoms with Crippen LogP contribution in [-0.4, -0.2) is 35.6 Å². The molecule has 0 bridgehead atoms. The fourth-order valence-corrected chi connectivity index (χ4v) is 4.20. The monoisotopic (exact) mass is 277 g/mol. The fourth-order valence-electron chi connectivity index (χ4n) is 4.20. The van der Waals surface area contributed by atoms with E-state index in [-0.39, 0.29) is 5.54 Å². The average molecular weight is 277 g/mol. The Bertz CT molecular complexity index is 330. The lowest BCUT2D eigenvalue weighted by atomic mass is 9.92. The molecule has 2 saturated carbocycles. The van der Waals surface area contributed by atoms with E-state index in [1.54, 1.807) is 0 Å². The summed E-state index contributed by atoms with van der Waals surface area (Å²) in [5.74, 6) is 0. The van der Waals surface area contributed by atoms with Crippen LogP contribution in [0.4, 0.5) is 0 Å². The fraction of sp³-hybridized carbons (Fsp3) is 0.941. The molecule has 0 aromatic carbocycles. The van der Waals surface area contributed by atoms with Crippen LogP contribution in [0.2, 0.25) is 0 Å². The van der Waals surface area contributed by atoms with E-state index in [2.05, 4.69) is 30.1 Å². The third-order valence-corrected chi connectivity index (χ3v) is 5.29. The summed E-state index contributed by atoms with van der Waals surface area (Å²) < 4.78 is 0. The zero-order chi connectivity index (χ0) is 14.4. The van der Waals surface area contributed by atoms with Gasteiger partial charge in [0.25, 0.3) is 0 Å². The molecule has 0 amide bonds. The van der Waals surface area contributed by atoms with Crippen LogP contribution in [0, 0.1) is 11.3 Å². The number of rotatable bonds is 6. The summed E-state index contributed by atoms with van der Waals surface area (Å²) in [5.41, 5.74) is -0.247. The Balaban J connectivity index is 1.96. The number of hydrogen-bond donors (Lipinski definition) is 1. The number of hydrogen-bond acceptors (Lipinski definition) is 3. The molecule has 0 aromatic heterocycles. The summed E-state index contributed by atoms with van der Waals surface area (Å²) >= 11 is 0. The van der Waals surface area contributed by atoms with Gasteiger partial charge in [0.2, 0.25) is 0 Å². The predicted molar refractivity (Wildman–Crippen MR) is 83.5 cm³/mol. The van der Waals surface area contributed by atoms with Crippen molar-refractivity contribution in [2.45, 2.75) is 89.3 Å². The largest absolute Gasteiger partial charge is 0.299 e. The van der Waals surface area contributed by atoms with E-state index >= 15 is 0 Å². The van der Waals surface area contributed by atoms with Crippen molar-refractivity contribution in [3.8, 4) is 6.07 Å². The maximum atomic E-state index is 9.59. The van der Waals surface area contributed by atoms with Crippen molar-refractivity contribution in [3.05, 3.63) is 0 Å². The van der Waals surface area contributed by atoms with Gasteiger partial charge in [-0.25, -0.2) is 0 Å². The highest BCUT2D eigenvalue weighted by atomic mass is 15.2. The first-order chi connectivity index (χ1) is 9.74. The molecule has 2 atom stereocenters. The summed E-state index contributed by atoms with van der Waals surface area (Å²) in [4.78, 5) is 2.71. The van der Waals surface area contributed by atoms with Crippen LogP contribution in [0.25, 0.3) is 0 Å². The first-order valence-electron chi connectivity index (χ1n) is 8.66. The highest BCUT2D eigenvalue weighted by Gasteiger charge is 2.42. The Kier molecular flexibility index (Phi) is 5.86. The normalized spacial score (nSPS) is 31.6. The van der Waals surface area contributed by atoms with Crippen LogP contribution in [0.15, 0.2) is 0 Å². The second-order valence-corrected chi connectivity index (χ2v) is 6.64. The topological polar surface area (TPSA) is 39.1 Å². The smallest absolute Gasteiger partial charge is 0.108 e. The summed E-state index contributed by atoms with van der Waals surface area (Å²) in [6.45, 7) is 6.58. The molecule has 1 N–H and O–H groups in total. The molecule has 0 saturated heterocycles. The molecule has 0 aromatic rings. The SMILES string of the molecule is CCCNC1(C#N)CCC(N(CC)C2CCCCC2)C1. The number of nitrogens with zero attached hydrogens (tertiary/aromatic N) is 2. The van der Waals surface area contributed by atoms with Gasteiger partial charge in [0.1, 0.15) is 5.54 Å². The van der Waals surface area contributed by atoms with Crippen molar-refractivity contribution in [1.82, 2.24) is 10.2 Å². The molecule has 3 heteroatoms. The van der Waals surface area contributed by atoms with Crippen molar-refractivity contribution in [2.75, 3.05) is 13.1 Å². The molecular weight excluding hydrogens is 246 g/mol. The lowest BCUT2D eigenvalue weighted by molar-refractivity contribution is 0.109. The number of nitriles is 1. The van der Waals surface area contributed by atoms with E-state index in [1.165, 1.54) is 38.5 Å². The van der Waals surface area contributed by atoms with E-state index in [4.69, 9.17) is 0 Å². The van der Waals surface area contributed by atoms with Crippen molar-refractivity contribution in [2.24, 2.45) is 0 Å². The predicted octanol–water partition coefficient (Wildman–Crippen LogP) is 3.46. The third kappa shape index (κ3) is 3.54. The molecule has 114 valence electrons. The molecular formula is C17H31N3. The molecule has 2 unspecified atom stereocenters. The second-order valence-electron chi connectivity index (χ2n) is 6.64. The third-order valence-electron chi connectivity index (χ3n) is 5.29. The van der Waals surface area contributed by atoms with E-state index < -0.39 is 0 Å². The Hall–Kier alpha value is -0.590. The van der Waals surface area contributed by atoms with Gasteiger partial charge in [-0.1, -0.05) is 33.1 Å². The minimum atomic E-state index is -0.247. The van der Waals surface area contributed by atoms with E-state index in [1.807, 2.05) is 0 Å². The molecule has 2 rings (SSSR count). The molecule has 0 heterocycles. The van der Waals surface area contributed by atoms with Gasteiger partial charge >= 0.3 is 0 Å². The van der Waals surface area contributed by atoms with Crippen molar-refractivity contribution < 1.29 is 0 Å². The summed E-state index contributed by atoms with van der Waals surface area (Å²) in [6.07, 6.45) is 11.3. The zero-order valence-corrected chi connectivity index (χ0v) is 13.3. The van der Waals surface area contributed by atoms with Gasteiger partial charge < -0.3 is 0 Å². The van der Waals surface area contributed by atoms with Gasteiger partial charge in [-0.3, -0.25) is 10.2 Å². The van der Waals surface area contributed by atoms with Gasteiger partial charge in [0.05, 0.1) is 6.07 Å². The van der Waals surface area contributed by atoms with E-state index in [9.17, 15) is 5.26 Å². The van der Waals surface area contributed by atoms with Crippen LogP contribution in [0.5, 0.6) is 0 Å². The summed E-state index contributed by atoms with van der Waals surface area (Å²) in [7, 11) is 0. The summed E-state index contributed by atoms with van der Waals surface area (Å²) in [6, 6.07) is 3.98. The molecule has 2 aliphatic rings. The quantitative estimate of drug-likeness (QED) is 0.808. The molecule has 0 spiro atoms. The molecule has 3 nitrogen and oxygen atoms in total. The van der Waals surface area contributed by atoms with Crippen LogP contribution in [0.3, 0.4) is 0 Å². The van der Waals surface area contributed by atoms with Crippen molar-refractivity contribution >= 4 is 0 Å². The Morgan fingerprint density at radius 3 is 2.50 bits per heavy atom. The average Bonchev–Trinajstić information content (AvgIpc) is 2.92. The van der Waals surface area contributed by atoms with Gasteiger partial charge in [-0.2, -0.15) is 5.26 Å². The molecule has 20 heavy (non-hydrogen) atoms. The van der Waals surface area contributed by atoms with Gasteiger partial charge in [0, 0.05) is 12.1 Å². The maximum absolute atomic E-state index is 9.59. The standard InChI is InChI=1S/C17H31N3/c1-3-12-19-17(14-18)11-10-16(13-17)20(4-2)15-8-6-5-7-9-15/h15-16,19H,3-13H2,1-2H3. The van der Waals surface area contributed by atoms with Gasteiger partial charge in [0.15, 0.2) is 0 Å². The molecule has 0 radical (unpaired) electrons. The summed E-state index contributed by atoms with van der Waals surface area (Å²) in [5, 5.41) is 13.1. The second kappa shape index (κ2) is 7.43. The zero-order valence-electron chi connectivity index (χ0n) is 13.3. The van der Waals surface area contributed by atoms with Crippen molar-refractivity contribution in [1.29, 1.82) is 5.26 Å². The Morgan fingerprint density at radius 1 is 1.15 bits per heavy atom. The lowest BCUT2D eigenvalue weighted by Crippen LogP contribution is -2.47. The van der Waals surface area contributed by atoms with Crippen LogP contribution < -0.4 is 5.32 Å². The molecule has 2 aliphatic carbocycles. The minimum Gasteiger partial charge on any atom is -0.299 e. The van der Waals surface area contributed by atoms with E-state index in [0.717, 1.165) is 38.4 Å². The highest BCUT2D eigenvalue weighted by Crippen LogP contribution is 2.36. The lowest BCUT2D eigenvalue weighted by Gasteiger charge is -2.38. The van der Waals surface area contributed by atoms with Gasteiger partial charge in [-0.15, -0.1) is 0 Å². The Labute approximate surface area is 124 Å². The molecule has 0 aliphatic heterocycles. The molecule has 2 fully saturated rings. The van der Waals surface area contributed by atoms with Crippen molar-refractivity contribution in [3.63, 3.8) is 0 Å². The van der Waals surface area contributed by atoms with Crippen LogP contribution in [0.1, 0.15) is 71.6 Å². The Morgan fingerprint density at radius 2 is 1.90 bits per heavy atom. The highest BCUT2D eigenvalue weighted by molar-refractivity contribution is 5.13. The van der Waals surface area contributed by atoms with Crippen LogP contribution in [-0.2, 0) is 0 Å². The van der Waals surface area contributed by atoms with E-state index in [0.29, 0.717) is 6.04 Å². The van der Waals surface area contributed by atoms with Gasteiger partial charge in [-0.05, 0) is 51.6 Å².